The number of allylic oxidation sites excluding steroid dienone is 1. The molecule has 6 nitrogen and oxygen atoms in total. The molecule has 0 radical (unpaired) electrons. The zero-order valence-corrected chi connectivity index (χ0v) is 15.1. The molecule has 6 heteroatoms. The molecule has 3 N–H and O–H groups in total. The molecule has 27 heavy (non-hydrogen) atoms. The van der Waals surface area contributed by atoms with Crippen molar-refractivity contribution in [2.75, 3.05) is 7.11 Å². The first-order valence-electron chi connectivity index (χ1n) is 8.35. The summed E-state index contributed by atoms with van der Waals surface area (Å²) in [4.78, 5) is 12.7. The fraction of sp³-hybridized carbons (Fsp3) is 0.190. The zero-order valence-electron chi connectivity index (χ0n) is 15.1. The van der Waals surface area contributed by atoms with Gasteiger partial charge in [-0.3, -0.25) is 4.79 Å². The number of rotatable bonds is 5. The molecule has 0 spiro atoms. The molecular formula is C21H20O6. The van der Waals surface area contributed by atoms with Crippen molar-refractivity contribution in [2.45, 2.75) is 19.8 Å². The molecule has 2 aromatic carbocycles. The number of methoxy groups -OCH3 is 1. The lowest BCUT2D eigenvalue weighted by atomic mass is 10.0. The number of aryl methyl sites for hydroxylation is 1. The maximum atomic E-state index is 12.7. The third-order valence-corrected chi connectivity index (χ3v) is 4.34. The van der Waals surface area contributed by atoms with E-state index in [2.05, 4.69) is 6.58 Å². The van der Waals surface area contributed by atoms with Crippen LogP contribution < -0.4 is 10.2 Å². The van der Waals surface area contributed by atoms with Crippen molar-refractivity contribution in [1.82, 2.24) is 0 Å². The van der Waals surface area contributed by atoms with Gasteiger partial charge in [0.15, 0.2) is 5.76 Å². The molecular weight excluding hydrogens is 348 g/mol. The number of aromatic hydroxyl groups is 3. The van der Waals surface area contributed by atoms with Crippen LogP contribution in [-0.2, 0) is 6.42 Å². The Morgan fingerprint density at radius 1 is 1.19 bits per heavy atom. The van der Waals surface area contributed by atoms with Crippen molar-refractivity contribution in [3.8, 4) is 34.3 Å². The van der Waals surface area contributed by atoms with Crippen molar-refractivity contribution in [2.24, 2.45) is 0 Å². The molecule has 1 heterocycles. The highest BCUT2D eigenvalue weighted by Gasteiger charge is 2.23. The van der Waals surface area contributed by atoms with Gasteiger partial charge in [0, 0.05) is 17.2 Å². The Balaban J connectivity index is 2.36. The summed E-state index contributed by atoms with van der Waals surface area (Å²) in [5.41, 5.74) is 1.37. The smallest absolute Gasteiger partial charge is 0.238 e. The van der Waals surface area contributed by atoms with Gasteiger partial charge in [-0.15, -0.1) is 6.58 Å². The first-order valence-corrected chi connectivity index (χ1v) is 8.35. The molecule has 3 aromatic rings. The van der Waals surface area contributed by atoms with Crippen molar-refractivity contribution < 1.29 is 24.5 Å². The summed E-state index contributed by atoms with van der Waals surface area (Å²) >= 11 is 0. The zero-order chi connectivity index (χ0) is 19.7. The van der Waals surface area contributed by atoms with Crippen LogP contribution in [0.5, 0.6) is 23.0 Å². The lowest BCUT2D eigenvalue weighted by molar-refractivity contribution is 0.401. The van der Waals surface area contributed by atoms with Crippen LogP contribution in [0.1, 0.15) is 18.9 Å². The Hall–Kier alpha value is -3.41. The molecule has 0 bridgehead atoms. The van der Waals surface area contributed by atoms with E-state index in [0.717, 1.165) is 5.57 Å². The van der Waals surface area contributed by atoms with Gasteiger partial charge in [0.1, 0.15) is 28.2 Å². The third-order valence-electron chi connectivity index (χ3n) is 4.34. The summed E-state index contributed by atoms with van der Waals surface area (Å²) in [7, 11) is 1.46. The monoisotopic (exact) mass is 368 g/mol. The normalized spacial score (nSPS) is 10.9. The predicted molar refractivity (Wildman–Crippen MR) is 103 cm³/mol. The van der Waals surface area contributed by atoms with E-state index in [4.69, 9.17) is 9.15 Å². The minimum absolute atomic E-state index is 0.0443. The number of phenolic OH excluding ortho intramolecular Hbond substituents is 2. The first kappa shape index (κ1) is 18.4. The van der Waals surface area contributed by atoms with E-state index in [-0.39, 0.29) is 28.2 Å². The molecule has 3 rings (SSSR count). The largest absolute Gasteiger partial charge is 0.508 e. The van der Waals surface area contributed by atoms with Crippen LogP contribution in [0.15, 0.2) is 51.7 Å². The summed E-state index contributed by atoms with van der Waals surface area (Å²) in [6.45, 7) is 5.77. The van der Waals surface area contributed by atoms with Gasteiger partial charge in [0.05, 0.1) is 7.11 Å². The van der Waals surface area contributed by atoms with Gasteiger partial charge < -0.3 is 24.5 Å². The summed E-state index contributed by atoms with van der Waals surface area (Å²) in [5, 5.41) is 30.0. The maximum absolute atomic E-state index is 12.7. The van der Waals surface area contributed by atoms with E-state index in [1.165, 1.54) is 37.4 Å². The van der Waals surface area contributed by atoms with Crippen molar-refractivity contribution in [1.29, 1.82) is 0 Å². The van der Waals surface area contributed by atoms with Crippen molar-refractivity contribution in [3.05, 3.63) is 58.3 Å². The Bertz CT molecular complexity index is 1080. The number of phenols is 2. The van der Waals surface area contributed by atoms with E-state index in [1.54, 1.807) is 0 Å². The number of fused-ring (bicyclic) bond motifs is 1. The second-order valence-electron chi connectivity index (χ2n) is 6.39. The van der Waals surface area contributed by atoms with E-state index in [0.29, 0.717) is 29.7 Å². The van der Waals surface area contributed by atoms with Gasteiger partial charge in [0.2, 0.25) is 11.2 Å². The second-order valence-corrected chi connectivity index (χ2v) is 6.39. The van der Waals surface area contributed by atoms with Crippen LogP contribution in [-0.4, -0.2) is 22.4 Å². The average molecular weight is 368 g/mol. The molecule has 0 saturated heterocycles. The van der Waals surface area contributed by atoms with Crippen LogP contribution in [0.2, 0.25) is 0 Å². The van der Waals surface area contributed by atoms with Gasteiger partial charge in [-0.05, 0) is 44.0 Å². The molecule has 140 valence electrons. The fourth-order valence-electron chi connectivity index (χ4n) is 2.93. The van der Waals surface area contributed by atoms with Gasteiger partial charge in [0.25, 0.3) is 0 Å². The fourth-order valence-corrected chi connectivity index (χ4v) is 2.93. The van der Waals surface area contributed by atoms with Crippen LogP contribution >= 0.6 is 0 Å². The molecule has 0 saturated carbocycles. The quantitative estimate of drug-likeness (QED) is 0.587. The highest BCUT2D eigenvalue weighted by Crippen LogP contribution is 2.39. The summed E-state index contributed by atoms with van der Waals surface area (Å²) in [6.07, 6.45) is 1.12. The Morgan fingerprint density at radius 2 is 1.85 bits per heavy atom. The molecule has 0 amide bonds. The van der Waals surface area contributed by atoms with E-state index in [1.807, 2.05) is 6.92 Å². The van der Waals surface area contributed by atoms with E-state index in [9.17, 15) is 20.1 Å². The molecule has 0 atom stereocenters. The lowest BCUT2D eigenvalue weighted by Gasteiger charge is -2.14. The number of hydrogen-bond donors (Lipinski definition) is 3. The minimum Gasteiger partial charge on any atom is -0.508 e. The van der Waals surface area contributed by atoms with E-state index < -0.39 is 11.2 Å². The number of ether oxygens (including phenoxy) is 1. The van der Waals surface area contributed by atoms with Crippen LogP contribution in [0, 0.1) is 0 Å². The summed E-state index contributed by atoms with van der Waals surface area (Å²) < 4.78 is 11.2. The Morgan fingerprint density at radius 3 is 2.44 bits per heavy atom. The Kier molecular flexibility index (Phi) is 4.81. The molecule has 0 aliphatic carbocycles. The van der Waals surface area contributed by atoms with E-state index >= 15 is 0 Å². The molecule has 0 aliphatic rings. The standard InChI is InChI=1S/C21H20O6/c1-11(2)4-9-14-16(26-3)10-15(23)17-18(24)19(25)20(27-21(14)17)12-5-7-13(22)8-6-12/h5-8,10,22-23,25H,1,4,9H2,2-3H3. The highest BCUT2D eigenvalue weighted by molar-refractivity contribution is 5.91. The number of hydrogen-bond acceptors (Lipinski definition) is 6. The van der Waals surface area contributed by atoms with Gasteiger partial charge in [-0.2, -0.15) is 0 Å². The van der Waals surface area contributed by atoms with Gasteiger partial charge in [-0.1, -0.05) is 5.57 Å². The molecule has 0 fully saturated rings. The molecule has 0 unspecified atom stereocenters. The van der Waals surface area contributed by atoms with Crippen molar-refractivity contribution >= 4 is 11.0 Å². The topological polar surface area (TPSA) is 100 Å². The predicted octanol–water partition coefficient (Wildman–Crippen LogP) is 4.09. The Labute approximate surface area is 155 Å². The SMILES string of the molecule is C=C(C)CCc1c(OC)cc(O)c2c(=O)c(O)c(-c3ccc(O)cc3)oc12. The number of benzene rings is 2. The molecule has 0 aliphatic heterocycles. The van der Waals surface area contributed by atoms with Crippen molar-refractivity contribution in [3.63, 3.8) is 0 Å². The highest BCUT2D eigenvalue weighted by atomic mass is 16.5. The van der Waals surface area contributed by atoms with Crippen LogP contribution in [0.4, 0.5) is 0 Å². The maximum Gasteiger partial charge on any atom is 0.238 e. The van der Waals surface area contributed by atoms with Crippen LogP contribution in [0.3, 0.4) is 0 Å². The van der Waals surface area contributed by atoms with Gasteiger partial charge in [-0.25, -0.2) is 0 Å². The molecule has 1 aromatic heterocycles. The minimum atomic E-state index is -0.740. The summed E-state index contributed by atoms with van der Waals surface area (Å²) in [6, 6.07) is 7.22. The second kappa shape index (κ2) is 7.07. The van der Waals surface area contributed by atoms with Crippen LogP contribution in [0.25, 0.3) is 22.3 Å². The average Bonchev–Trinajstić information content (AvgIpc) is 2.63. The third kappa shape index (κ3) is 3.33. The van der Waals surface area contributed by atoms with Gasteiger partial charge >= 0.3 is 0 Å². The summed E-state index contributed by atoms with van der Waals surface area (Å²) in [5.74, 6) is -0.562. The lowest BCUT2D eigenvalue weighted by Crippen LogP contribution is -2.06. The first-order chi connectivity index (χ1) is 12.8.